The van der Waals surface area contributed by atoms with Crippen LogP contribution in [0.4, 0.5) is 39.5 Å². The molecular formula is C95H94AlCl3F9LiN12O18. The molecule has 6 aromatic heterocycles. The Balaban J connectivity index is 0.000000209. The van der Waals surface area contributed by atoms with Crippen LogP contribution >= 0.6 is 34.8 Å². The fourth-order valence-electron chi connectivity index (χ4n) is 15.5. The van der Waals surface area contributed by atoms with Gasteiger partial charge >= 0.3 is 85.2 Å². The van der Waals surface area contributed by atoms with E-state index in [1.807, 2.05) is 48.5 Å². The van der Waals surface area contributed by atoms with Gasteiger partial charge in [-0.2, -0.15) is 24.5 Å². The SMILES string of the molecule is C.C1CCOC1.CC1CC(C(=O)OCc2ccccc2)C1.Cn1c(=O)[nH]c(=O)c2c1nc(Oc1cccc(OC(F)(F)F)c1)n2Cc1ccc(Cl)cc1.Cn1c(=O)n(C2CC(CO)C2)c(=O)c2c1nc(Oc1cccc(OC(F)(F)F)c1)n2Cc1ccc(Cl)cc1.Cn1c(=O)n(C2CC(Cc3ccccc3)C2)c(=O)c2c1nc(Oc1cccc(OC(F)(F)F)c1)n2Cc1ccc(Cl)cc1.O=C=O.[AlH3].[H-].[Li+]. The standard InChI is InChI=1S/C31H26ClF3N4O4.C25H22ClF3N4O5.C20H14ClF3N4O4.C13H16O2.C4H8O.CO2.CH4.Al.Li.4H/c1-37-27-26(28(40)39(30(37)41)23-15-21(16-23)14-19-6-3-2-4-7-19)38(18-20-10-12-22(32)13-11-20)29(36-27)42-24-8-5-9-25(17-24)43-31(33,34)35;1-31-21-20(22(35)33(24(31)36)17-9-15(10-17)13-34)32(12-14-5-7-16(26)8-6-14)23(30-21)37-18-3-2-4-19(11-18)38-25(27,28)29;1-27-16-15(17(29)26-18(27)30)28(10-11-5-7-12(21)8-6-11)19(25-16)31-13-3-2-4-14(9-13)32-20(22,23)24;1-10-7-12(8-10)13(14)15-9-11-5-3-2-4-6-11;1-2-4-5-3-1;2-1-3;;;;;;;/h2-13,17,21,23H,14-16,18H2,1H3;2-8,11,15,17,34H,9-10,12-13H2,1H3;2-9H,10H2,1H3,(H,26,29,30);2-6,10,12H,7-9H2,1H3;1-4H2;;1H4;;;;;;/q;;;;;;;;+1;;;;-1. The van der Waals surface area contributed by atoms with Crippen molar-refractivity contribution in [2.45, 2.75) is 130 Å². The summed E-state index contributed by atoms with van der Waals surface area (Å²) in [6.45, 7) is 4.88. The summed E-state index contributed by atoms with van der Waals surface area (Å²) < 4.78 is 164. The van der Waals surface area contributed by atoms with Gasteiger partial charge in [0.05, 0.1) is 25.6 Å². The molecular weight excluding hydrogens is 1910 g/mol. The summed E-state index contributed by atoms with van der Waals surface area (Å²) in [5.74, 6) is -0.317. The quantitative estimate of drug-likeness (QED) is 0.0341. The molecule has 2 N–H and O–H groups in total. The molecule has 8 aromatic carbocycles. The smallest absolute Gasteiger partial charge is 1.00 e. The Morgan fingerprint density at radius 3 is 1.15 bits per heavy atom. The molecule has 730 valence electrons. The normalized spacial score (nSPS) is 16.2. The number of ether oxygens (including phenoxy) is 8. The van der Waals surface area contributed by atoms with Gasteiger partial charge in [0.15, 0.2) is 50.9 Å². The minimum atomic E-state index is -4.89. The van der Waals surface area contributed by atoms with Gasteiger partial charge in [0.1, 0.15) is 41.1 Å². The molecule has 0 unspecified atom stereocenters. The Hall–Kier alpha value is -12.9. The number of aromatic amines is 1. The zero-order valence-corrected chi connectivity index (χ0v) is 76.0. The van der Waals surface area contributed by atoms with E-state index in [0.29, 0.717) is 59.2 Å². The van der Waals surface area contributed by atoms with Crippen molar-refractivity contribution in [3.8, 4) is 52.5 Å². The predicted molar refractivity (Wildman–Crippen MR) is 497 cm³/mol. The molecule has 3 saturated carbocycles. The number of hydrogen-bond acceptors (Lipinski definition) is 21. The van der Waals surface area contributed by atoms with Crippen LogP contribution in [0.1, 0.15) is 107 Å². The van der Waals surface area contributed by atoms with E-state index in [-0.39, 0.29) is 176 Å². The minimum Gasteiger partial charge on any atom is -1.00 e. The largest absolute Gasteiger partial charge is 1.00 e. The molecule has 139 heavy (non-hydrogen) atoms. The van der Waals surface area contributed by atoms with Crippen molar-refractivity contribution < 1.29 is 117 Å². The first-order valence-corrected chi connectivity index (χ1v) is 43.4. The number of imidazole rings is 3. The number of aliphatic hydroxyl groups excluding tert-OH is 1. The number of fused-ring (bicyclic) bond motifs is 3. The van der Waals surface area contributed by atoms with E-state index >= 15 is 0 Å². The average molecular weight is 2000 g/mol. The van der Waals surface area contributed by atoms with E-state index in [4.69, 9.17) is 68.1 Å². The van der Waals surface area contributed by atoms with Crippen LogP contribution in [0.25, 0.3) is 33.5 Å². The van der Waals surface area contributed by atoms with Gasteiger partial charge in [-0.1, -0.05) is 164 Å². The topological polar surface area (TPSA) is 342 Å². The molecule has 4 fully saturated rings. The van der Waals surface area contributed by atoms with Crippen LogP contribution in [-0.4, -0.2) is 130 Å². The Morgan fingerprint density at radius 2 is 0.813 bits per heavy atom. The number of carbonyl (C=O) groups is 1. The first-order chi connectivity index (χ1) is 64.9. The Bertz CT molecular complexity index is 6980. The van der Waals surface area contributed by atoms with Crippen LogP contribution < -0.4 is 81.0 Å². The summed E-state index contributed by atoms with van der Waals surface area (Å²) in [5.41, 5.74) is 1.47. The molecule has 0 amide bonds. The van der Waals surface area contributed by atoms with Gasteiger partial charge in [-0.05, 0) is 176 Å². The zero-order chi connectivity index (χ0) is 97.5. The van der Waals surface area contributed by atoms with Crippen molar-refractivity contribution in [2.75, 3.05) is 19.8 Å². The van der Waals surface area contributed by atoms with E-state index < -0.39 is 70.1 Å². The van der Waals surface area contributed by atoms with E-state index in [0.717, 1.165) is 100 Å². The van der Waals surface area contributed by atoms with Gasteiger partial charge < -0.3 is 44.4 Å². The van der Waals surface area contributed by atoms with Crippen LogP contribution in [0, 0.1) is 23.7 Å². The molecule has 0 radical (unpaired) electrons. The molecule has 0 spiro atoms. The Morgan fingerprint density at radius 1 is 0.475 bits per heavy atom. The number of alkyl halides is 9. The summed E-state index contributed by atoms with van der Waals surface area (Å²) in [5, 5.41) is 10.9. The average Bonchev–Trinajstić information content (AvgIpc) is 1.55. The van der Waals surface area contributed by atoms with E-state index in [2.05, 4.69) is 53.2 Å². The molecule has 44 heteroatoms. The number of H-pyrrole nitrogens is 1. The second-order valence-electron chi connectivity index (χ2n) is 32.2. The maximum Gasteiger partial charge on any atom is 1.00 e. The molecule has 14 aromatic rings. The van der Waals surface area contributed by atoms with Crippen molar-refractivity contribution in [1.82, 2.24) is 56.5 Å². The molecule has 1 saturated heterocycles. The second kappa shape index (κ2) is 48.2. The summed E-state index contributed by atoms with van der Waals surface area (Å²) >= 11 is 18.0. The summed E-state index contributed by atoms with van der Waals surface area (Å²) in [6.07, 6.45) is -6.67. The first-order valence-electron chi connectivity index (χ1n) is 42.3. The van der Waals surface area contributed by atoms with E-state index in [9.17, 15) is 78.2 Å². The number of rotatable bonds is 23. The number of hydrogen-bond donors (Lipinski definition) is 2. The molecule has 0 atom stereocenters. The fraction of sp³-hybridized carbons (Fsp3) is 0.316. The van der Waals surface area contributed by atoms with Gasteiger partial charge in [0.2, 0.25) is 0 Å². The van der Waals surface area contributed by atoms with Gasteiger partial charge in [0, 0.05) is 86.3 Å². The van der Waals surface area contributed by atoms with Crippen LogP contribution in [0.15, 0.2) is 235 Å². The number of halogens is 12. The number of aliphatic hydroxyl groups is 1. The third-order valence-corrected chi connectivity index (χ3v) is 23.1. The number of nitrogens with zero attached hydrogens (tertiary/aromatic N) is 11. The Kier molecular flexibility index (Phi) is 37.5. The Labute approximate surface area is 824 Å². The van der Waals surface area contributed by atoms with Crippen LogP contribution in [0.5, 0.6) is 52.5 Å². The van der Waals surface area contributed by atoms with E-state index in [1.54, 1.807) is 72.8 Å². The number of esters is 1. The molecule has 4 aliphatic rings. The second-order valence-corrected chi connectivity index (χ2v) is 33.5. The van der Waals surface area contributed by atoms with Crippen LogP contribution in [-0.2, 0) is 77.7 Å². The third-order valence-electron chi connectivity index (χ3n) is 22.3. The molecule has 7 heterocycles. The maximum absolute atomic E-state index is 14.0. The van der Waals surface area contributed by atoms with Crippen molar-refractivity contribution in [2.24, 2.45) is 44.8 Å². The third kappa shape index (κ3) is 28.5. The van der Waals surface area contributed by atoms with Crippen molar-refractivity contribution in [3.05, 3.63) is 312 Å². The number of nitrogens with one attached hydrogen (secondary N) is 1. The van der Waals surface area contributed by atoms with Crippen molar-refractivity contribution in [1.29, 1.82) is 0 Å². The van der Waals surface area contributed by atoms with Crippen molar-refractivity contribution in [3.63, 3.8) is 0 Å². The predicted octanol–water partition coefficient (Wildman–Crippen LogP) is 14.1. The van der Waals surface area contributed by atoms with Gasteiger partial charge in [-0.15, -0.1) is 39.5 Å². The van der Waals surface area contributed by atoms with Gasteiger partial charge in [0.25, 0.3) is 16.7 Å². The van der Waals surface area contributed by atoms with Gasteiger partial charge in [-0.3, -0.25) is 60.7 Å². The number of benzene rings is 8. The molecule has 1 aliphatic heterocycles. The first kappa shape index (κ1) is 108. The van der Waals surface area contributed by atoms with Gasteiger partial charge in [-0.25, -0.2) is 14.4 Å². The van der Waals surface area contributed by atoms with Crippen LogP contribution in [0.2, 0.25) is 15.1 Å². The van der Waals surface area contributed by atoms with Crippen molar-refractivity contribution >= 4 is 97.8 Å². The molecule has 3 aliphatic carbocycles. The molecule has 30 nitrogen and oxygen atoms in total. The maximum atomic E-state index is 14.0. The minimum absolute atomic E-state index is 0. The monoisotopic (exact) mass is 2000 g/mol. The zero-order valence-electron chi connectivity index (χ0n) is 74.8. The number of aromatic nitrogens is 12. The summed E-state index contributed by atoms with van der Waals surface area (Å²) in [7, 11) is 4.42. The molecule has 18 rings (SSSR count). The molecule has 0 bridgehead atoms. The summed E-state index contributed by atoms with van der Waals surface area (Å²) in [4.78, 5) is 122. The van der Waals surface area contributed by atoms with E-state index in [1.165, 1.54) is 103 Å². The summed E-state index contributed by atoms with van der Waals surface area (Å²) in [6, 6.07) is 54.2. The number of carbonyl (C=O) groups excluding carboxylic acids is 3. The fourth-order valence-corrected chi connectivity index (χ4v) is 15.9. The van der Waals surface area contributed by atoms with Crippen LogP contribution in [0.3, 0.4) is 0 Å². The number of aryl methyl sites for hydroxylation is 3.